The lowest BCUT2D eigenvalue weighted by molar-refractivity contribution is 0.0948. The van der Waals surface area contributed by atoms with Crippen LogP contribution in [0.1, 0.15) is 42.2 Å². The maximum atomic E-state index is 12.1. The largest absolute Gasteiger partial charge is 0.369 e. The molecule has 4 N–H and O–H groups in total. The van der Waals surface area contributed by atoms with Crippen molar-refractivity contribution in [2.75, 3.05) is 18.4 Å². The lowest BCUT2D eigenvalue weighted by Crippen LogP contribution is -2.26. The van der Waals surface area contributed by atoms with E-state index < -0.39 is 10.0 Å². The third-order valence-corrected chi connectivity index (χ3v) is 4.86. The Bertz CT molecular complexity index is 836. The smallest absolute Gasteiger partial charge is 0.271 e. The number of hydrogen-bond donors (Lipinski definition) is 3. The van der Waals surface area contributed by atoms with Crippen LogP contribution in [-0.4, -0.2) is 37.6 Å². The normalized spacial score (nSPS) is 11.2. The molecular weight excluding hydrogens is 366 g/mol. The molecule has 146 valence electrons. The third-order valence-electron chi connectivity index (χ3n) is 3.93. The predicted molar refractivity (Wildman–Crippen MR) is 104 cm³/mol. The summed E-state index contributed by atoms with van der Waals surface area (Å²) in [4.78, 5) is 12.2. The van der Waals surface area contributed by atoms with Gasteiger partial charge in [-0.25, -0.2) is 13.6 Å². The number of primary sulfonamides is 1. The first-order valence-electron chi connectivity index (χ1n) is 8.87. The van der Waals surface area contributed by atoms with Crippen LogP contribution in [0.25, 0.3) is 0 Å². The molecule has 9 heteroatoms. The van der Waals surface area contributed by atoms with E-state index in [1.165, 1.54) is 12.1 Å². The molecule has 0 saturated carbocycles. The molecule has 1 aromatic heterocycles. The molecule has 1 heterocycles. The van der Waals surface area contributed by atoms with Gasteiger partial charge >= 0.3 is 0 Å². The van der Waals surface area contributed by atoms with Crippen molar-refractivity contribution in [1.82, 2.24) is 15.5 Å². The summed E-state index contributed by atoms with van der Waals surface area (Å²) in [5.41, 5.74) is 1.14. The van der Waals surface area contributed by atoms with E-state index in [-0.39, 0.29) is 16.5 Å². The van der Waals surface area contributed by atoms with Crippen LogP contribution < -0.4 is 15.8 Å². The molecule has 0 unspecified atom stereocenters. The van der Waals surface area contributed by atoms with E-state index >= 15 is 0 Å². The maximum Gasteiger partial charge on any atom is 0.271 e. The topological polar surface area (TPSA) is 127 Å². The number of sulfonamides is 1. The van der Waals surface area contributed by atoms with Crippen LogP contribution in [0.2, 0.25) is 0 Å². The first kappa shape index (κ1) is 20.8. The minimum atomic E-state index is -3.69. The molecule has 2 rings (SSSR count). The number of anilines is 1. The number of nitrogens with zero attached hydrogens (tertiary/aromatic N) is 2. The van der Waals surface area contributed by atoms with Crippen molar-refractivity contribution in [2.24, 2.45) is 5.14 Å². The van der Waals surface area contributed by atoms with Gasteiger partial charge in [0.2, 0.25) is 10.0 Å². The summed E-state index contributed by atoms with van der Waals surface area (Å²) >= 11 is 0. The number of nitrogens with two attached hydrogens (primary N) is 1. The maximum absolute atomic E-state index is 12.1. The first-order valence-corrected chi connectivity index (χ1v) is 10.4. The second-order valence-electron chi connectivity index (χ2n) is 6.13. The molecule has 1 amide bonds. The van der Waals surface area contributed by atoms with Gasteiger partial charge in [0.15, 0.2) is 5.69 Å². The summed E-state index contributed by atoms with van der Waals surface area (Å²) in [6.07, 6.45) is 3.94. The molecule has 0 aliphatic rings. The Labute approximate surface area is 159 Å². The van der Waals surface area contributed by atoms with Crippen molar-refractivity contribution >= 4 is 21.7 Å². The van der Waals surface area contributed by atoms with Gasteiger partial charge in [-0.2, -0.15) is 0 Å². The number of amides is 1. The highest BCUT2D eigenvalue weighted by atomic mass is 32.2. The number of unbranched alkanes of at least 4 members (excludes halogenated alkanes) is 2. The fraction of sp³-hybridized carbons (Fsp3) is 0.389. The van der Waals surface area contributed by atoms with Crippen molar-refractivity contribution < 1.29 is 13.2 Å². The van der Waals surface area contributed by atoms with Gasteiger partial charge in [-0.05, 0) is 42.7 Å². The molecule has 0 radical (unpaired) electrons. The Hall–Kier alpha value is -2.52. The molecule has 0 saturated heterocycles. The van der Waals surface area contributed by atoms with Gasteiger partial charge in [0.1, 0.15) is 5.82 Å². The van der Waals surface area contributed by atoms with Gasteiger partial charge in [-0.15, -0.1) is 10.2 Å². The zero-order valence-corrected chi connectivity index (χ0v) is 16.1. The number of hydrogen-bond acceptors (Lipinski definition) is 6. The summed E-state index contributed by atoms with van der Waals surface area (Å²) in [5.74, 6) is 0.346. The highest BCUT2D eigenvalue weighted by Gasteiger charge is 2.09. The fourth-order valence-corrected chi connectivity index (χ4v) is 2.91. The molecular formula is C18H25N5O3S. The average Bonchev–Trinajstić information content (AvgIpc) is 2.65. The number of carbonyl (C=O) groups is 1. The van der Waals surface area contributed by atoms with Crippen LogP contribution in [0.4, 0.5) is 5.82 Å². The monoisotopic (exact) mass is 391 g/mol. The van der Waals surface area contributed by atoms with Gasteiger partial charge in [0, 0.05) is 13.1 Å². The van der Waals surface area contributed by atoms with Crippen LogP contribution in [0.15, 0.2) is 41.3 Å². The Morgan fingerprint density at radius 3 is 2.37 bits per heavy atom. The van der Waals surface area contributed by atoms with Gasteiger partial charge in [0.25, 0.3) is 5.91 Å². The Morgan fingerprint density at radius 1 is 1.04 bits per heavy atom. The third kappa shape index (κ3) is 6.95. The number of nitrogens with one attached hydrogen (secondary N) is 2. The molecule has 0 aliphatic carbocycles. The van der Waals surface area contributed by atoms with Gasteiger partial charge in [-0.3, -0.25) is 4.79 Å². The highest BCUT2D eigenvalue weighted by molar-refractivity contribution is 7.89. The second kappa shape index (κ2) is 9.98. The fourth-order valence-electron chi connectivity index (χ4n) is 2.40. The molecule has 0 atom stereocenters. The SMILES string of the molecule is CCCCCNc1ccc(C(=O)NCCc2ccc(S(N)(=O)=O)cc2)nn1. The summed E-state index contributed by atoms with van der Waals surface area (Å²) in [7, 11) is -3.69. The molecule has 2 aromatic rings. The van der Waals surface area contributed by atoms with E-state index in [1.807, 2.05) is 0 Å². The van der Waals surface area contributed by atoms with Crippen LogP contribution in [0.5, 0.6) is 0 Å². The minimum absolute atomic E-state index is 0.0638. The van der Waals surface area contributed by atoms with E-state index in [2.05, 4.69) is 27.8 Å². The lowest BCUT2D eigenvalue weighted by Gasteiger charge is -2.07. The van der Waals surface area contributed by atoms with Gasteiger partial charge < -0.3 is 10.6 Å². The van der Waals surface area contributed by atoms with Crippen molar-refractivity contribution in [1.29, 1.82) is 0 Å². The van der Waals surface area contributed by atoms with Crippen molar-refractivity contribution in [2.45, 2.75) is 37.5 Å². The summed E-state index contributed by atoms with van der Waals surface area (Å²) in [6, 6.07) is 9.61. The van der Waals surface area contributed by atoms with Crippen molar-refractivity contribution in [3.05, 3.63) is 47.7 Å². The molecule has 0 bridgehead atoms. The zero-order chi connectivity index (χ0) is 19.7. The van der Waals surface area contributed by atoms with Gasteiger partial charge in [-0.1, -0.05) is 31.9 Å². The molecule has 0 spiro atoms. The van der Waals surface area contributed by atoms with Crippen LogP contribution >= 0.6 is 0 Å². The molecule has 0 aliphatic heterocycles. The summed E-state index contributed by atoms with van der Waals surface area (Å²) in [5, 5.41) is 18.9. The zero-order valence-electron chi connectivity index (χ0n) is 15.3. The number of carbonyl (C=O) groups excluding carboxylic acids is 1. The van der Waals surface area contributed by atoms with Gasteiger partial charge in [0.05, 0.1) is 4.90 Å². The van der Waals surface area contributed by atoms with E-state index in [9.17, 15) is 13.2 Å². The molecule has 0 fully saturated rings. The standard InChI is InChI=1S/C18H25N5O3S/c1-2-3-4-12-20-17-10-9-16(22-23-17)18(24)21-13-11-14-5-7-15(8-6-14)27(19,25)26/h5-10H,2-4,11-13H2,1H3,(H,20,23)(H,21,24)(H2,19,25,26). The Balaban J connectivity index is 1.78. The summed E-state index contributed by atoms with van der Waals surface area (Å²) < 4.78 is 22.4. The minimum Gasteiger partial charge on any atom is -0.369 e. The van der Waals surface area contributed by atoms with E-state index in [1.54, 1.807) is 24.3 Å². The Morgan fingerprint density at radius 2 is 1.78 bits per heavy atom. The van der Waals surface area contributed by atoms with E-state index in [0.29, 0.717) is 18.8 Å². The number of rotatable bonds is 10. The number of aromatic nitrogens is 2. The molecule has 1 aromatic carbocycles. The van der Waals surface area contributed by atoms with Crippen molar-refractivity contribution in [3.63, 3.8) is 0 Å². The number of benzene rings is 1. The summed E-state index contributed by atoms with van der Waals surface area (Å²) in [6.45, 7) is 3.37. The predicted octanol–water partition coefficient (Wildman–Crippen LogP) is 1.70. The van der Waals surface area contributed by atoms with Crippen molar-refractivity contribution in [3.8, 4) is 0 Å². The van der Waals surface area contributed by atoms with Crippen LogP contribution in [0, 0.1) is 0 Å². The Kier molecular flexibility index (Phi) is 7.68. The van der Waals surface area contributed by atoms with Crippen LogP contribution in [-0.2, 0) is 16.4 Å². The lowest BCUT2D eigenvalue weighted by atomic mass is 10.1. The highest BCUT2D eigenvalue weighted by Crippen LogP contribution is 2.09. The van der Waals surface area contributed by atoms with E-state index in [4.69, 9.17) is 5.14 Å². The first-order chi connectivity index (χ1) is 12.9. The quantitative estimate of drug-likeness (QED) is 0.529. The molecule has 8 nitrogen and oxygen atoms in total. The second-order valence-corrected chi connectivity index (χ2v) is 7.69. The van der Waals surface area contributed by atoms with Crippen LogP contribution in [0.3, 0.4) is 0 Å². The average molecular weight is 391 g/mol. The molecule has 27 heavy (non-hydrogen) atoms. The van der Waals surface area contributed by atoms with E-state index in [0.717, 1.165) is 31.4 Å².